The van der Waals surface area contributed by atoms with Gasteiger partial charge in [-0.2, -0.15) is 0 Å². The Morgan fingerprint density at radius 3 is 2.79 bits per heavy atom. The highest BCUT2D eigenvalue weighted by Crippen LogP contribution is 2.36. The predicted molar refractivity (Wildman–Crippen MR) is 78.4 cm³/mol. The molecule has 0 spiro atoms. The molecule has 19 heavy (non-hydrogen) atoms. The van der Waals surface area contributed by atoms with Crippen LogP contribution < -0.4 is 15.0 Å². The van der Waals surface area contributed by atoms with E-state index >= 15 is 0 Å². The van der Waals surface area contributed by atoms with Gasteiger partial charge in [-0.25, -0.2) is 0 Å². The van der Waals surface area contributed by atoms with Crippen LogP contribution in [0, 0.1) is 0 Å². The van der Waals surface area contributed by atoms with Crippen molar-refractivity contribution in [1.82, 2.24) is 10.3 Å². The summed E-state index contributed by atoms with van der Waals surface area (Å²) >= 11 is 6.37. The van der Waals surface area contributed by atoms with E-state index in [9.17, 15) is 0 Å². The van der Waals surface area contributed by atoms with Crippen molar-refractivity contribution in [3.8, 4) is 5.75 Å². The molecule has 1 fully saturated rings. The average molecular weight is 278 g/mol. The molecule has 1 N–H and O–H groups in total. The van der Waals surface area contributed by atoms with Crippen molar-refractivity contribution in [2.75, 3.05) is 38.2 Å². The molecule has 0 saturated carbocycles. The Morgan fingerprint density at radius 1 is 1.26 bits per heavy atom. The third-order valence-corrected chi connectivity index (χ3v) is 3.77. The molecule has 5 heteroatoms. The highest BCUT2D eigenvalue weighted by Gasteiger charge is 2.17. The third-order valence-electron chi connectivity index (χ3n) is 3.46. The van der Waals surface area contributed by atoms with E-state index in [1.54, 1.807) is 7.11 Å². The molecule has 1 aromatic heterocycles. The molecule has 2 aromatic rings. The molecule has 1 aromatic carbocycles. The summed E-state index contributed by atoms with van der Waals surface area (Å²) in [6, 6.07) is 5.76. The number of halogens is 1. The van der Waals surface area contributed by atoms with Gasteiger partial charge < -0.3 is 15.0 Å². The van der Waals surface area contributed by atoms with Gasteiger partial charge in [-0.3, -0.25) is 4.98 Å². The zero-order chi connectivity index (χ0) is 13.2. The largest absolute Gasteiger partial charge is 0.494 e. The standard InChI is InChI=1S/C14H16ClN3O/c1-19-12-3-2-10(15)13-11(4-5-17-14(12)13)18-8-6-16-7-9-18/h2-5,16H,6-9H2,1H3. The fourth-order valence-corrected chi connectivity index (χ4v) is 2.77. The molecule has 0 atom stereocenters. The van der Waals surface area contributed by atoms with Crippen LogP contribution in [0.3, 0.4) is 0 Å². The number of methoxy groups -OCH3 is 1. The lowest BCUT2D eigenvalue weighted by atomic mass is 10.1. The number of rotatable bonds is 2. The first-order valence-electron chi connectivity index (χ1n) is 6.38. The molecule has 0 bridgehead atoms. The van der Waals surface area contributed by atoms with Crippen molar-refractivity contribution in [2.24, 2.45) is 0 Å². The topological polar surface area (TPSA) is 37.4 Å². The molecule has 0 aliphatic carbocycles. The number of hydrogen-bond acceptors (Lipinski definition) is 4. The molecular formula is C14H16ClN3O. The number of anilines is 1. The summed E-state index contributed by atoms with van der Waals surface area (Å²) in [4.78, 5) is 6.76. The normalized spacial score (nSPS) is 15.8. The summed E-state index contributed by atoms with van der Waals surface area (Å²) in [6.07, 6.45) is 1.82. The maximum absolute atomic E-state index is 6.37. The molecule has 1 aliphatic rings. The van der Waals surface area contributed by atoms with Crippen LogP contribution in [0.25, 0.3) is 10.9 Å². The summed E-state index contributed by atoms with van der Waals surface area (Å²) in [7, 11) is 1.65. The summed E-state index contributed by atoms with van der Waals surface area (Å²) in [5.74, 6) is 0.761. The summed E-state index contributed by atoms with van der Waals surface area (Å²) in [5.41, 5.74) is 1.96. The minimum absolute atomic E-state index is 0.720. The minimum atomic E-state index is 0.720. The molecule has 0 radical (unpaired) electrons. The van der Waals surface area contributed by atoms with Gasteiger partial charge in [0, 0.05) is 43.4 Å². The highest BCUT2D eigenvalue weighted by atomic mass is 35.5. The molecule has 1 aliphatic heterocycles. The van der Waals surface area contributed by atoms with Gasteiger partial charge in [0.2, 0.25) is 0 Å². The van der Waals surface area contributed by atoms with Crippen LogP contribution >= 0.6 is 11.6 Å². The average Bonchev–Trinajstić information content (AvgIpc) is 2.48. The summed E-state index contributed by atoms with van der Waals surface area (Å²) in [5, 5.41) is 5.05. The lowest BCUT2D eigenvalue weighted by Gasteiger charge is -2.30. The lowest BCUT2D eigenvalue weighted by molar-refractivity contribution is 0.419. The SMILES string of the molecule is COc1ccc(Cl)c2c(N3CCNCC3)ccnc12. The monoisotopic (exact) mass is 277 g/mol. The van der Waals surface area contributed by atoms with Gasteiger partial charge in [0.15, 0.2) is 0 Å². The van der Waals surface area contributed by atoms with Crippen molar-refractivity contribution >= 4 is 28.2 Å². The Morgan fingerprint density at radius 2 is 2.05 bits per heavy atom. The smallest absolute Gasteiger partial charge is 0.145 e. The van der Waals surface area contributed by atoms with Crippen molar-refractivity contribution in [3.05, 3.63) is 29.4 Å². The van der Waals surface area contributed by atoms with Crippen LogP contribution in [0.5, 0.6) is 5.75 Å². The van der Waals surface area contributed by atoms with Crippen molar-refractivity contribution in [3.63, 3.8) is 0 Å². The van der Waals surface area contributed by atoms with E-state index in [0.717, 1.165) is 53.5 Å². The maximum atomic E-state index is 6.37. The number of nitrogens with zero attached hydrogens (tertiary/aromatic N) is 2. The number of benzene rings is 1. The summed E-state index contributed by atoms with van der Waals surface area (Å²) < 4.78 is 5.37. The van der Waals surface area contributed by atoms with Crippen LogP contribution in [0.2, 0.25) is 5.02 Å². The molecule has 1 saturated heterocycles. The molecule has 3 rings (SSSR count). The highest BCUT2D eigenvalue weighted by molar-refractivity contribution is 6.36. The Hall–Kier alpha value is -1.52. The minimum Gasteiger partial charge on any atom is -0.494 e. The predicted octanol–water partition coefficient (Wildman–Crippen LogP) is 2.31. The first-order chi connectivity index (χ1) is 9.31. The number of pyridine rings is 1. The van der Waals surface area contributed by atoms with Crippen molar-refractivity contribution in [1.29, 1.82) is 0 Å². The Bertz CT molecular complexity index is 597. The molecule has 4 nitrogen and oxygen atoms in total. The van der Waals surface area contributed by atoms with Gasteiger partial charge in [0.25, 0.3) is 0 Å². The van der Waals surface area contributed by atoms with Crippen molar-refractivity contribution in [2.45, 2.75) is 0 Å². The van der Waals surface area contributed by atoms with Gasteiger partial charge in [0.05, 0.1) is 12.1 Å². The van der Waals surface area contributed by atoms with Gasteiger partial charge in [0.1, 0.15) is 11.3 Å². The van der Waals surface area contributed by atoms with E-state index in [1.165, 1.54) is 0 Å². The number of hydrogen-bond donors (Lipinski definition) is 1. The molecule has 0 amide bonds. The van der Waals surface area contributed by atoms with E-state index in [-0.39, 0.29) is 0 Å². The van der Waals surface area contributed by atoms with Crippen LogP contribution in [0.4, 0.5) is 5.69 Å². The van der Waals surface area contributed by atoms with E-state index in [1.807, 2.05) is 24.4 Å². The van der Waals surface area contributed by atoms with Crippen LogP contribution in [-0.2, 0) is 0 Å². The Labute approximate surface area is 117 Å². The second-order valence-corrected chi connectivity index (χ2v) is 4.95. The van der Waals surface area contributed by atoms with Crippen LogP contribution in [0.15, 0.2) is 24.4 Å². The zero-order valence-corrected chi connectivity index (χ0v) is 11.6. The number of nitrogens with one attached hydrogen (secondary N) is 1. The number of aromatic nitrogens is 1. The van der Waals surface area contributed by atoms with Crippen molar-refractivity contribution < 1.29 is 4.74 Å². The van der Waals surface area contributed by atoms with Crippen LogP contribution in [-0.4, -0.2) is 38.3 Å². The maximum Gasteiger partial charge on any atom is 0.145 e. The second kappa shape index (κ2) is 5.23. The quantitative estimate of drug-likeness (QED) is 0.914. The van der Waals surface area contributed by atoms with Gasteiger partial charge in [-0.1, -0.05) is 11.6 Å². The third kappa shape index (κ3) is 2.22. The van der Waals surface area contributed by atoms with E-state index < -0.39 is 0 Å². The fourth-order valence-electron chi connectivity index (χ4n) is 2.52. The van der Waals surface area contributed by atoms with E-state index in [4.69, 9.17) is 16.3 Å². The molecular weight excluding hydrogens is 262 g/mol. The number of fused-ring (bicyclic) bond motifs is 1. The van der Waals surface area contributed by atoms with Crippen LogP contribution in [0.1, 0.15) is 0 Å². The second-order valence-electron chi connectivity index (χ2n) is 4.54. The number of piperazine rings is 1. The Balaban J connectivity index is 2.18. The zero-order valence-electron chi connectivity index (χ0n) is 10.8. The first-order valence-corrected chi connectivity index (χ1v) is 6.76. The Kier molecular flexibility index (Phi) is 3.44. The fraction of sp³-hybridized carbons (Fsp3) is 0.357. The van der Waals surface area contributed by atoms with E-state index in [0.29, 0.717) is 0 Å². The van der Waals surface area contributed by atoms with Gasteiger partial charge in [-0.05, 0) is 18.2 Å². The molecule has 0 unspecified atom stereocenters. The lowest BCUT2D eigenvalue weighted by Crippen LogP contribution is -2.43. The van der Waals surface area contributed by atoms with Gasteiger partial charge in [-0.15, -0.1) is 0 Å². The van der Waals surface area contributed by atoms with E-state index in [2.05, 4.69) is 15.2 Å². The first kappa shape index (κ1) is 12.5. The number of ether oxygens (including phenoxy) is 1. The summed E-state index contributed by atoms with van der Waals surface area (Å²) in [6.45, 7) is 3.94. The molecule has 100 valence electrons. The molecule has 2 heterocycles. The van der Waals surface area contributed by atoms with Gasteiger partial charge >= 0.3 is 0 Å².